The van der Waals surface area contributed by atoms with Gasteiger partial charge >= 0.3 is 0 Å². The maximum Gasteiger partial charge on any atom is 0.0547 e. The predicted octanol–water partition coefficient (Wildman–Crippen LogP) is 11.6. The number of para-hydroxylation sites is 1. The third kappa shape index (κ3) is 3.56. The number of benzene rings is 7. The number of nitrogens with zero attached hydrogens (tertiary/aromatic N) is 1. The van der Waals surface area contributed by atoms with E-state index < -0.39 is 0 Å². The standard InChI is InChI=1S/C40H25NS/c1-3-11-26(12-4-1)29-21-30(27-13-5-2-6-14-27)23-31(22-29)41-37-17-9-7-15-32(37)36-24-28-19-20-34-33-16-8-10-18-39(33)42-40(34)35(28)25-38(36)41/h1-25H. The van der Waals surface area contributed by atoms with Gasteiger partial charge in [-0.3, -0.25) is 0 Å². The molecule has 0 unspecified atom stereocenters. The molecule has 0 saturated carbocycles. The normalized spacial score (nSPS) is 11.8. The summed E-state index contributed by atoms with van der Waals surface area (Å²) in [6.45, 7) is 0. The van der Waals surface area contributed by atoms with Crippen LogP contribution in [-0.2, 0) is 0 Å². The van der Waals surface area contributed by atoms with Crippen LogP contribution in [0, 0.1) is 0 Å². The number of rotatable bonds is 3. The molecular weight excluding hydrogens is 527 g/mol. The molecule has 9 rings (SSSR count). The molecule has 0 N–H and O–H groups in total. The Morgan fingerprint density at radius 3 is 1.76 bits per heavy atom. The Morgan fingerprint density at radius 1 is 0.381 bits per heavy atom. The highest BCUT2D eigenvalue weighted by atomic mass is 32.1. The van der Waals surface area contributed by atoms with Crippen LogP contribution in [0.5, 0.6) is 0 Å². The highest BCUT2D eigenvalue weighted by molar-refractivity contribution is 7.26. The molecule has 0 aliphatic rings. The van der Waals surface area contributed by atoms with Crippen molar-refractivity contribution in [3.8, 4) is 27.9 Å². The zero-order chi connectivity index (χ0) is 27.6. The lowest BCUT2D eigenvalue weighted by Crippen LogP contribution is -1.96. The van der Waals surface area contributed by atoms with Gasteiger partial charge in [-0.15, -0.1) is 11.3 Å². The van der Waals surface area contributed by atoms with Crippen molar-refractivity contribution in [2.45, 2.75) is 0 Å². The van der Waals surface area contributed by atoms with Crippen LogP contribution in [0.15, 0.2) is 152 Å². The first-order valence-electron chi connectivity index (χ1n) is 14.4. The average molecular weight is 552 g/mol. The van der Waals surface area contributed by atoms with Gasteiger partial charge in [0.05, 0.1) is 11.0 Å². The summed E-state index contributed by atoms with van der Waals surface area (Å²) >= 11 is 1.90. The predicted molar refractivity (Wildman–Crippen MR) is 182 cm³/mol. The summed E-state index contributed by atoms with van der Waals surface area (Å²) in [5.74, 6) is 0. The SMILES string of the molecule is c1ccc(-c2cc(-c3ccccc3)cc(-n3c4ccccc4c4cc5ccc6c7ccccc7sc6c5cc43)c2)cc1. The van der Waals surface area contributed by atoms with E-state index in [0.29, 0.717) is 0 Å². The smallest absolute Gasteiger partial charge is 0.0547 e. The minimum absolute atomic E-state index is 1.17. The van der Waals surface area contributed by atoms with Crippen molar-refractivity contribution >= 4 is 64.1 Å². The second kappa shape index (κ2) is 9.17. The zero-order valence-electron chi connectivity index (χ0n) is 22.8. The minimum Gasteiger partial charge on any atom is -0.309 e. The molecule has 2 heteroatoms. The van der Waals surface area contributed by atoms with E-state index >= 15 is 0 Å². The van der Waals surface area contributed by atoms with Gasteiger partial charge in [0.2, 0.25) is 0 Å². The molecule has 0 amide bonds. The fraction of sp³-hybridized carbons (Fsp3) is 0. The van der Waals surface area contributed by atoms with Crippen molar-refractivity contribution in [3.05, 3.63) is 152 Å². The molecule has 2 aromatic heterocycles. The van der Waals surface area contributed by atoms with Crippen LogP contribution in [0.1, 0.15) is 0 Å². The van der Waals surface area contributed by atoms with Crippen LogP contribution >= 0.6 is 11.3 Å². The molecule has 0 radical (unpaired) electrons. The third-order valence-electron chi connectivity index (χ3n) is 8.54. The third-order valence-corrected chi connectivity index (χ3v) is 9.76. The number of aromatic nitrogens is 1. The fourth-order valence-electron chi connectivity index (χ4n) is 6.58. The molecule has 0 aliphatic carbocycles. The van der Waals surface area contributed by atoms with Gasteiger partial charge in [0.15, 0.2) is 0 Å². The highest BCUT2D eigenvalue weighted by Gasteiger charge is 2.17. The molecule has 1 nitrogen and oxygen atoms in total. The van der Waals surface area contributed by atoms with Crippen molar-refractivity contribution in [2.24, 2.45) is 0 Å². The molecule has 0 bridgehead atoms. The monoisotopic (exact) mass is 551 g/mol. The van der Waals surface area contributed by atoms with Gasteiger partial charge in [-0.1, -0.05) is 109 Å². The van der Waals surface area contributed by atoms with E-state index in [0.717, 1.165) is 0 Å². The Kier molecular flexibility index (Phi) is 5.13. The summed E-state index contributed by atoms with van der Waals surface area (Å²) in [6.07, 6.45) is 0. The molecule has 0 atom stereocenters. The largest absolute Gasteiger partial charge is 0.309 e. The molecular formula is C40H25NS. The summed E-state index contributed by atoms with van der Waals surface area (Å²) in [5, 5.41) is 7.83. The van der Waals surface area contributed by atoms with E-state index in [-0.39, 0.29) is 0 Å². The van der Waals surface area contributed by atoms with E-state index in [2.05, 4.69) is 156 Å². The molecule has 0 fully saturated rings. The zero-order valence-corrected chi connectivity index (χ0v) is 23.6. The number of fused-ring (bicyclic) bond motifs is 8. The molecule has 9 aromatic rings. The second-order valence-electron chi connectivity index (χ2n) is 11.0. The lowest BCUT2D eigenvalue weighted by atomic mass is 9.98. The van der Waals surface area contributed by atoms with Gasteiger partial charge in [0.25, 0.3) is 0 Å². The van der Waals surface area contributed by atoms with Gasteiger partial charge in [-0.2, -0.15) is 0 Å². The van der Waals surface area contributed by atoms with Gasteiger partial charge < -0.3 is 4.57 Å². The topological polar surface area (TPSA) is 4.93 Å². The molecule has 0 spiro atoms. The molecule has 196 valence electrons. The van der Waals surface area contributed by atoms with Crippen LogP contribution in [0.25, 0.3) is 80.7 Å². The fourth-order valence-corrected chi connectivity index (χ4v) is 7.81. The van der Waals surface area contributed by atoms with Gasteiger partial charge in [-0.25, -0.2) is 0 Å². The number of hydrogen-bond acceptors (Lipinski definition) is 1. The molecule has 2 heterocycles. The summed E-state index contributed by atoms with van der Waals surface area (Å²) in [7, 11) is 0. The molecule has 0 saturated heterocycles. The number of hydrogen-bond donors (Lipinski definition) is 0. The van der Waals surface area contributed by atoms with E-state index in [1.54, 1.807) is 0 Å². The van der Waals surface area contributed by atoms with Crippen molar-refractivity contribution in [1.29, 1.82) is 0 Å². The van der Waals surface area contributed by atoms with Crippen molar-refractivity contribution < 1.29 is 0 Å². The van der Waals surface area contributed by atoms with Crippen molar-refractivity contribution in [1.82, 2.24) is 4.57 Å². The Hall–Kier alpha value is -5.18. The highest BCUT2D eigenvalue weighted by Crippen LogP contribution is 2.42. The minimum atomic E-state index is 1.17. The summed E-state index contributed by atoms with van der Waals surface area (Å²) < 4.78 is 5.16. The average Bonchev–Trinajstić information content (AvgIpc) is 3.60. The number of thiophene rings is 1. The molecule has 7 aromatic carbocycles. The lowest BCUT2D eigenvalue weighted by molar-refractivity contribution is 1.18. The van der Waals surface area contributed by atoms with Gasteiger partial charge in [0.1, 0.15) is 0 Å². The maximum atomic E-state index is 2.47. The van der Waals surface area contributed by atoms with Gasteiger partial charge in [-0.05, 0) is 70.1 Å². The van der Waals surface area contributed by atoms with E-state index in [4.69, 9.17) is 0 Å². The summed E-state index contributed by atoms with van der Waals surface area (Å²) in [5.41, 5.74) is 8.49. The summed E-state index contributed by atoms with van der Waals surface area (Å²) in [4.78, 5) is 0. The van der Waals surface area contributed by atoms with E-state index in [1.807, 2.05) is 11.3 Å². The molecule has 0 aliphatic heterocycles. The van der Waals surface area contributed by atoms with Crippen LogP contribution in [-0.4, -0.2) is 4.57 Å². The van der Waals surface area contributed by atoms with Crippen molar-refractivity contribution in [3.63, 3.8) is 0 Å². The van der Waals surface area contributed by atoms with Crippen LogP contribution < -0.4 is 0 Å². The Bertz CT molecular complexity index is 2390. The van der Waals surface area contributed by atoms with Crippen molar-refractivity contribution in [2.75, 3.05) is 0 Å². The lowest BCUT2D eigenvalue weighted by Gasteiger charge is -2.14. The first-order chi connectivity index (χ1) is 20.8. The quantitative estimate of drug-likeness (QED) is 0.206. The van der Waals surface area contributed by atoms with Crippen LogP contribution in [0.2, 0.25) is 0 Å². The first-order valence-corrected chi connectivity index (χ1v) is 15.2. The maximum absolute atomic E-state index is 2.47. The van der Waals surface area contributed by atoms with Crippen LogP contribution in [0.3, 0.4) is 0 Å². The van der Waals surface area contributed by atoms with E-state index in [1.165, 1.54) is 80.7 Å². The Morgan fingerprint density at radius 2 is 1.02 bits per heavy atom. The van der Waals surface area contributed by atoms with E-state index in [9.17, 15) is 0 Å². The Balaban J connectivity index is 1.40. The first kappa shape index (κ1) is 23.5. The van der Waals surface area contributed by atoms with Gasteiger partial charge in [0, 0.05) is 42.0 Å². The second-order valence-corrected chi connectivity index (χ2v) is 12.0. The molecule has 42 heavy (non-hydrogen) atoms. The Labute approximate surface area is 247 Å². The van der Waals surface area contributed by atoms with Crippen LogP contribution in [0.4, 0.5) is 0 Å². The summed E-state index contributed by atoms with van der Waals surface area (Å²) in [6, 6.07) is 55.5.